The van der Waals surface area contributed by atoms with E-state index in [1.807, 2.05) is 60.7 Å². The van der Waals surface area contributed by atoms with Crippen LogP contribution >= 0.6 is 11.3 Å². The zero-order valence-electron chi connectivity index (χ0n) is 35.1. The predicted molar refractivity (Wildman–Crippen MR) is 236 cm³/mol. The number of carbonyl (C=O) groups excluding carboxylic acids is 3. The maximum Gasteiger partial charge on any atom is 0.407 e. The molecule has 3 aromatic carbocycles. The molecule has 2 amide bonds. The van der Waals surface area contributed by atoms with Gasteiger partial charge in [-0.2, -0.15) is 0 Å². The largest absolute Gasteiger partial charge is 0.461 e. The van der Waals surface area contributed by atoms with Gasteiger partial charge in [0.25, 0.3) is 0 Å². The molecule has 1 aliphatic rings. The molecule has 6 atom stereocenters. The van der Waals surface area contributed by atoms with Gasteiger partial charge < -0.3 is 35.1 Å². The summed E-state index contributed by atoms with van der Waals surface area (Å²) in [4.78, 5) is 43.9. The van der Waals surface area contributed by atoms with Gasteiger partial charge in [0.1, 0.15) is 12.2 Å². The van der Waals surface area contributed by atoms with E-state index in [2.05, 4.69) is 33.8 Å². The summed E-state index contributed by atoms with van der Waals surface area (Å²) in [6, 6.07) is 25.0. The fourth-order valence-electron chi connectivity index (χ4n) is 8.22. The number of benzene rings is 3. The molecule has 0 radical (unpaired) electrons. The van der Waals surface area contributed by atoms with Crippen LogP contribution in [0.2, 0.25) is 0 Å². The lowest BCUT2D eigenvalue weighted by atomic mass is 9.84. The summed E-state index contributed by atoms with van der Waals surface area (Å²) < 4.78 is 18.0. The monoisotopic (exact) mass is 837 g/mol. The summed E-state index contributed by atoms with van der Waals surface area (Å²) in [6.07, 6.45) is 8.58. The normalized spacial score (nSPS) is 18.9. The van der Waals surface area contributed by atoms with Gasteiger partial charge in [-0.05, 0) is 111 Å². The molecule has 11 nitrogen and oxygen atoms in total. The number of aromatic nitrogens is 1. The van der Waals surface area contributed by atoms with Crippen molar-refractivity contribution in [3.8, 4) is 0 Å². The second-order valence-electron chi connectivity index (χ2n) is 16.9. The number of nitrogens with one attached hydrogen (secondary N) is 2. The van der Waals surface area contributed by atoms with E-state index in [1.165, 1.54) is 4.70 Å². The number of unbranched alkanes of at least 4 members (excludes halogenated alkanes) is 3. The number of rotatable bonds is 19. The SMILES string of the molecule is CO[C@@H]1C[C@H](O)C(CCCCCCC(=O)OCc2ccc(C(CNC(=O)OC(C)(C)C)C(=O)Nc3ccc4cnccc4c3)cc2)[C@H]1CC[C@@H](O)c1cc2ccccc2s1. The number of alkyl carbamates (subject to hydrolysis) is 1. The molecule has 2 aromatic heterocycles. The van der Waals surface area contributed by atoms with Crippen LogP contribution in [-0.4, -0.2) is 64.6 Å². The number of carbonyl (C=O) groups is 3. The first-order valence-electron chi connectivity index (χ1n) is 21.1. The number of amides is 2. The Kier molecular flexibility index (Phi) is 15.7. The molecular weight excluding hydrogens is 779 g/mol. The van der Waals surface area contributed by atoms with Gasteiger partial charge in [0.15, 0.2) is 0 Å². The molecule has 5 aromatic rings. The van der Waals surface area contributed by atoms with E-state index in [9.17, 15) is 24.6 Å². The number of thiophene rings is 1. The Labute approximate surface area is 356 Å². The first-order chi connectivity index (χ1) is 28.9. The lowest BCUT2D eigenvalue weighted by molar-refractivity contribution is -0.145. The van der Waals surface area contributed by atoms with Crippen molar-refractivity contribution in [1.82, 2.24) is 10.3 Å². The minimum atomic E-state index is -0.725. The number of ether oxygens (including phenoxy) is 3. The van der Waals surface area contributed by atoms with E-state index in [0.29, 0.717) is 36.9 Å². The summed E-state index contributed by atoms with van der Waals surface area (Å²) in [7, 11) is 1.71. The highest BCUT2D eigenvalue weighted by Gasteiger charge is 2.42. The number of aliphatic hydroxyl groups excluding tert-OH is 2. The number of hydrogen-bond donors (Lipinski definition) is 4. The van der Waals surface area contributed by atoms with E-state index < -0.39 is 29.8 Å². The first kappa shape index (κ1) is 44.7. The lowest BCUT2D eigenvalue weighted by Crippen LogP contribution is -2.37. The zero-order valence-corrected chi connectivity index (χ0v) is 35.9. The van der Waals surface area contributed by atoms with Crippen LogP contribution in [0.25, 0.3) is 20.9 Å². The maximum absolute atomic E-state index is 13.6. The predicted octanol–water partition coefficient (Wildman–Crippen LogP) is 9.61. The van der Waals surface area contributed by atoms with Gasteiger partial charge in [-0.25, -0.2) is 4.79 Å². The number of methoxy groups -OCH3 is 1. The van der Waals surface area contributed by atoms with Crippen LogP contribution in [0.1, 0.15) is 107 Å². The standard InChI is InChI=1S/C48H59N3O8S/c1-48(2,3)59-47(56)50-29-39(46(55)51-36-20-19-35-28-49-24-23-33(35)25-36)32-17-15-31(16-18-32)30-58-45(54)14-8-6-5-7-12-37-38(42(57-4)27-41(37)53)21-22-40(52)44-26-34-11-9-10-13-43(34)60-44/h9-11,13,15-20,23-26,28,37-42,52-53H,5-8,12,14,21-22,27,29-30H2,1-4H3,(H,50,56)(H,51,55)/t37?,38-,39?,40-,41+,42-/m1/s1. The summed E-state index contributed by atoms with van der Waals surface area (Å²) in [5.41, 5.74) is 1.40. The molecule has 6 rings (SSSR count). The number of hydrogen-bond acceptors (Lipinski definition) is 10. The highest BCUT2D eigenvalue weighted by atomic mass is 32.1. The van der Waals surface area contributed by atoms with Gasteiger partial charge in [-0.15, -0.1) is 11.3 Å². The molecule has 60 heavy (non-hydrogen) atoms. The number of esters is 1. The molecular formula is C48H59N3O8S. The van der Waals surface area contributed by atoms with Crippen molar-refractivity contribution in [3.63, 3.8) is 0 Å². The average molecular weight is 838 g/mol. The Balaban J connectivity index is 0.931. The van der Waals surface area contributed by atoms with E-state index in [-0.39, 0.29) is 43.0 Å². The molecule has 320 valence electrons. The third kappa shape index (κ3) is 12.6. The minimum Gasteiger partial charge on any atom is -0.461 e. The van der Waals surface area contributed by atoms with Gasteiger partial charge in [0.05, 0.1) is 24.2 Å². The van der Waals surface area contributed by atoms with E-state index in [4.69, 9.17) is 14.2 Å². The molecule has 2 heterocycles. The smallest absolute Gasteiger partial charge is 0.407 e. The number of fused-ring (bicyclic) bond motifs is 2. The van der Waals surface area contributed by atoms with Crippen molar-refractivity contribution in [1.29, 1.82) is 0 Å². The minimum absolute atomic E-state index is 0.0140. The Bertz CT molecular complexity index is 2150. The topological polar surface area (TPSA) is 156 Å². The van der Waals surface area contributed by atoms with E-state index in [1.54, 1.807) is 51.6 Å². The second-order valence-corrected chi connectivity index (χ2v) is 18.0. The molecule has 12 heteroatoms. The van der Waals surface area contributed by atoms with Gasteiger partial charge in [0, 0.05) is 59.5 Å². The molecule has 1 saturated carbocycles. The summed E-state index contributed by atoms with van der Waals surface area (Å²) in [5, 5.41) is 30.7. The fourth-order valence-corrected chi connectivity index (χ4v) is 9.31. The van der Waals surface area contributed by atoms with Crippen LogP contribution < -0.4 is 10.6 Å². The summed E-state index contributed by atoms with van der Waals surface area (Å²) >= 11 is 1.64. The summed E-state index contributed by atoms with van der Waals surface area (Å²) in [5.74, 6) is -0.985. The quantitative estimate of drug-likeness (QED) is 0.0470. The first-order valence-corrected chi connectivity index (χ1v) is 21.9. The van der Waals surface area contributed by atoms with E-state index >= 15 is 0 Å². The third-order valence-electron chi connectivity index (χ3n) is 11.4. The van der Waals surface area contributed by atoms with Crippen molar-refractivity contribution in [3.05, 3.63) is 107 Å². The van der Waals surface area contributed by atoms with Crippen molar-refractivity contribution in [2.75, 3.05) is 19.0 Å². The molecule has 0 spiro atoms. The second kappa shape index (κ2) is 21.1. The number of pyridine rings is 1. The van der Waals surface area contributed by atoms with Crippen LogP contribution in [-0.2, 0) is 30.4 Å². The van der Waals surface area contributed by atoms with Crippen molar-refractivity contribution in [2.24, 2.45) is 11.8 Å². The molecule has 4 N–H and O–H groups in total. The molecule has 0 aliphatic heterocycles. The van der Waals surface area contributed by atoms with Crippen molar-refractivity contribution >= 4 is 55.9 Å². The van der Waals surface area contributed by atoms with Crippen LogP contribution in [0.15, 0.2) is 91.3 Å². The molecule has 2 unspecified atom stereocenters. The molecule has 0 saturated heterocycles. The van der Waals surface area contributed by atoms with Gasteiger partial charge in [-0.3, -0.25) is 14.6 Å². The Morgan fingerprint density at radius 3 is 2.45 bits per heavy atom. The molecule has 1 aliphatic carbocycles. The van der Waals surface area contributed by atoms with Crippen LogP contribution in [0.3, 0.4) is 0 Å². The number of aliphatic hydroxyl groups is 2. The average Bonchev–Trinajstić information content (AvgIpc) is 3.80. The highest BCUT2D eigenvalue weighted by Crippen LogP contribution is 2.42. The molecule has 1 fully saturated rings. The fraction of sp³-hybridized carbons (Fsp3) is 0.458. The van der Waals surface area contributed by atoms with Crippen LogP contribution in [0.4, 0.5) is 10.5 Å². The van der Waals surface area contributed by atoms with Crippen LogP contribution in [0.5, 0.6) is 0 Å². The Morgan fingerprint density at radius 2 is 1.68 bits per heavy atom. The Hall–Kier alpha value is -4.88. The van der Waals surface area contributed by atoms with Crippen LogP contribution in [0, 0.1) is 11.8 Å². The Morgan fingerprint density at radius 1 is 0.900 bits per heavy atom. The number of anilines is 1. The van der Waals surface area contributed by atoms with Gasteiger partial charge in [-0.1, -0.05) is 67.8 Å². The van der Waals surface area contributed by atoms with Crippen molar-refractivity contribution in [2.45, 2.75) is 115 Å². The third-order valence-corrected chi connectivity index (χ3v) is 12.6. The number of nitrogens with zero attached hydrogens (tertiary/aromatic N) is 1. The molecule has 0 bridgehead atoms. The maximum atomic E-state index is 13.6. The lowest BCUT2D eigenvalue weighted by Gasteiger charge is -2.26. The summed E-state index contributed by atoms with van der Waals surface area (Å²) in [6.45, 7) is 5.45. The van der Waals surface area contributed by atoms with Gasteiger partial charge in [0.2, 0.25) is 5.91 Å². The van der Waals surface area contributed by atoms with Gasteiger partial charge >= 0.3 is 12.1 Å². The zero-order chi connectivity index (χ0) is 42.6. The van der Waals surface area contributed by atoms with E-state index in [0.717, 1.165) is 58.7 Å². The highest BCUT2D eigenvalue weighted by molar-refractivity contribution is 7.19. The van der Waals surface area contributed by atoms with Crippen molar-refractivity contribution < 1.29 is 38.8 Å².